The molecule has 0 saturated carbocycles. The van der Waals surface area contributed by atoms with Crippen LogP contribution in [0.2, 0.25) is 0 Å². The molecule has 0 spiro atoms. The van der Waals surface area contributed by atoms with Gasteiger partial charge < -0.3 is 11.1 Å². The van der Waals surface area contributed by atoms with E-state index in [0.29, 0.717) is 12.4 Å². The Hall–Kier alpha value is -1.42. The van der Waals surface area contributed by atoms with E-state index in [1.165, 1.54) is 0 Å². The van der Waals surface area contributed by atoms with Crippen molar-refractivity contribution in [1.82, 2.24) is 4.98 Å². The van der Waals surface area contributed by atoms with Crippen molar-refractivity contribution in [1.29, 1.82) is 0 Å². The molecule has 0 aliphatic heterocycles. The highest BCUT2D eigenvalue weighted by molar-refractivity contribution is 5.93. The zero-order chi connectivity index (χ0) is 11.5. The van der Waals surface area contributed by atoms with E-state index < -0.39 is 5.41 Å². The lowest BCUT2D eigenvalue weighted by atomic mass is 9.96. The van der Waals surface area contributed by atoms with Gasteiger partial charge in [-0.3, -0.25) is 4.79 Å². The van der Waals surface area contributed by atoms with Gasteiger partial charge in [0.2, 0.25) is 5.91 Å². The molecule has 0 saturated heterocycles. The van der Waals surface area contributed by atoms with Crippen LogP contribution in [0.5, 0.6) is 0 Å². The molecule has 15 heavy (non-hydrogen) atoms. The Morgan fingerprint density at radius 3 is 2.53 bits per heavy atom. The third-order valence-corrected chi connectivity index (χ3v) is 1.98. The summed E-state index contributed by atoms with van der Waals surface area (Å²) >= 11 is 0. The maximum absolute atomic E-state index is 11.6. The summed E-state index contributed by atoms with van der Waals surface area (Å²) in [5.74, 6) is 0.516. The van der Waals surface area contributed by atoms with Gasteiger partial charge in [0.1, 0.15) is 5.82 Å². The molecule has 1 heterocycles. The lowest BCUT2D eigenvalue weighted by Gasteiger charge is -2.17. The van der Waals surface area contributed by atoms with Gasteiger partial charge in [0.05, 0.1) is 0 Å². The molecule has 1 aromatic rings. The van der Waals surface area contributed by atoms with Crippen molar-refractivity contribution in [3.05, 3.63) is 23.9 Å². The fraction of sp³-hybridized carbons (Fsp3) is 0.455. The van der Waals surface area contributed by atoms with Crippen LogP contribution < -0.4 is 11.1 Å². The van der Waals surface area contributed by atoms with E-state index in [1.54, 1.807) is 12.3 Å². The van der Waals surface area contributed by atoms with Crippen molar-refractivity contribution in [3.63, 3.8) is 0 Å². The molecule has 0 atom stereocenters. The van der Waals surface area contributed by atoms with Crippen LogP contribution in [-0.4, -0.2) is 10.9 Å². The van der Waals surface area contributed by atoms with Gasteiger partial charge in [-0.15, -0.1) is 0 Å². The SMILES string of the molecule is CC(C)(C)C(=O)Nc1ccc(CN)cn1. The van der Waals surface area contributed by atoms with Crippen molar-refractivity contribution < 1.29 is 4.79 Å². The van der Waals surface area contributed by atoms with Gasteiger partial charge in [0, 0.05) is 18.2 Å². The third kappa shape index (κ3) is 3.32. The van der Waals surface area contributed by atoms with Gasteiger partial charge in [0.25, 0.3) is 0 Å². The van der Waals surface area contributed by atoms with Crippen LogP contribution in [0, 0.1) is 5.41 Å². The van der Waals surface area contributed by atoms with Crippen LogP contribution >= 0.6 is 0 Å². The Balaban J connectivity index is 2.70. The average molecular weight is 207 g/mol. The summed E-state index contributed by atoms with van der Waals surface area (Å²) in [6.07, 6.45) is 1.66. The molecule has 0 aliphatic carbocycles. The van der Waals surface area contributed by atoms with Crippen molar-refractivity contribution in [2.24, 2.45) is 11.1 Å². The summed E-state index contributed by atoms with van der Waals surface area (Å²) in [5, 5.41) is 2.74. The second kappa shape index (κ2) is 4.40. The first kappa shape index (κ1) is 11.7. The minimum atomic E-state index is -0.409. The largest absolute Gasteiger partial charge is 0.326 e. The minimum Gasteiger partial charge on any atom is -0.326 e. The molecule has 0 unspecified atom stereocenters. The minimum absolute atomic E-state index is 0.0458. The Kier molecular flexibility index (Phi) is 3.42. The number of rotatable bonds is 2. The number of nitrogens with two attached hydrogens (primary N) is 1. The van der Waals surface area contributed by atoms with Gasteiger partial charge >= 0.3 is 0 Å². The topological polar surface area (TPSA) is 68.0 Å². The standard InChI is InChI=1S/C11H17N3O/c1-11(2,3)10(15)14-9-5-4-8(6-12)7-13-9/h4-5,7H,6,12H2,1-3H3,(H,13,14,15). The maximum atomic E-state index is 11.6. The van der Waals surface area contributed by atoms with Crippen molar-refractivity contribution in [2.75, 3.05) is 5.32 Å². The van der Waals surface area contributed by atoms with E-state index in [4.69, 9.17) is 5.73 Å². The monoisotopic (exact) mass is 207 g/mol. The van der Waals surface area contributed by atoms with E-state index in [0.717, 1.165) is 5.56 Å². The van der Waals surface area contributed by atoms with E-state index >= 15 is 0 Å². The third-order valence-electron chi connectivity index (χ3n) is 1.98. The summed E-state index contributed by atoms with van der Waals surface area (Å²) in [6, 6.07) is 3.61. The summed E-state index contributed by atoms with van der Waals surface area (Å²) < 4.78 is 0. The Bertz CT molecular complexity index is 338. The first-order valence-corrected chi connectivity index (χ1v) is 4.90. The molecule has 0 fully saturated rings. The Morgan fingerprint density at radius 2 is 2.13 bits per heavy atom. The number of hydrogen-bond acceptors (Lipinski definition) is 3. The number of carbonyl (C=O) groups excluding carboxylic acids is 1. The molecule has 4 nitrogen and oxygen atoms in total. The zero-order valence-corrected chi connectivity index (χ0v) is 9.37. The van der Waals surface area contributed by atoms with E-state index in [1.807, 2.05) is 26.8 Å². The Labute approximate surface area is 89.9 Å². The van der Waals surface area contributed by atoms with Gasteiger partial charge in [0.15, 0.2) is 0 Å². The summed E-state index contributed by atoms with van der Waals surface area (Å²) in [6.45, 7) is 6.03. The molecule has 1 amide bonds. The predicted molar refractivity (Wildman–Crippen MR) is 60.2 cm³/mol. The van der Waals surface area contributed by atoms with Crippen molar-refractivity contribution >= 4 is 11.7 Å². The molecule has 0 bridgehead atoms. The lowest BCUT2D eigenvalue weighted by Crippen LogP contribution is -2.28. The first-order chi connectivity index (χ1) is 6.93. The maximum Gasteiger partial charge on any atom is 0.230 e. The van der Waals surface area contributed by atoms with Crippen LogP contribution in [0.3, 0.4) is 0 Å². The van der Waals surface area contributed by atoms with Crippen molar-refractivity contribution in [2.45, 2.75) is 27.3 Å². The molecule has 3 N–H and O–H groups in total. The van der Waals surface area contributed by atoms with Crippen molar-refractivity contribution in [3.8, 4) is 0 Å². The van der Waals surface area contributed by atoms with E-state index in [-0.39, 0.29) is 5.91 Å². The van der Waals surface area contributed by atoms with Crippen LogP contribution in [0.25, 0.3) is 0 Å². The molecule has 4 heteroatoms. The van der Waals surface area contributed by atoms with E-state index in [9.17, 15) is 4.79 Å². The highest BCUT2D eigenvalue weighted by atomic mass is 16.2. The van der Waals surface area contributed by atoms with Gasteiger partial charge in [-0.1, -0.05) is 26.8 Å². The fourth-order valence-corrected chi connectivity index (χ4v) is 0.923. The molecule has 82 valence electrons. The number of aromatic nitrogens is 1. The number of pyridine rings is 1. The quantitative estimate of drug-likeness (QED) is 0.772. The number of anilines is 1. The Morgan fingerprint density at radius 1 is 1.47 bits per heavy atom. The molecule has 1 aromatic heterocycles. The molecule has 0 aromatic carbocycles. The van der Waals surface area contributed by atoms with E-state index in [2.05, 4.69) is 10.3 Å². The summed E-state index contributed by atoms with van der Waals surface area (Å²) in [7, 11) is 0. The average Bonchev–Trinajstić information content (AvgIpc) is 2.17. The van der Waals surface area contributed by atoms with Gasteiger partial charge in [-0.2, -0.15) is 0 Å². The smallest absolute Gasteiger partial charge is 0.230 e. The molecular weight excluding hydrogens is 190 g/mol. The number of nitrogens with zero attached hydrogens (tertiary/aromatic N) is 1. The number of amides is 1. The fourth-order valence-electron chi connectivity index (χ4n) is 0.923. The van der Waals surface area contributed by atoms with Crippen LogP contribution in [0.15, 0.2) is 18.3 Å². The lowest BCUT2D eigenvalue weighted by molar-refractivity contribution is -0.123. The van der Waals surface area contributed by atoms with Gasteiger partial charge in [-0.05, 0) is 11.6 Å². The number of nitrogens with one attached hydrogen (secondary N) is 1. The van der Waals surface area contributed by atoms with Crippen LogP contribution in [-0.2, 0) is 11.3 Å². The highest BCUT2D eigenvalue weighted by Crippen LogP contribution is 2.16. The van der Waals surface area contributed by atoms with Gasteiger partial charge in [-0.25, -0.2) is 4.98 Å². The summed E-state index contributed by atoms with van der Waals surface area (Å²) in [4.78, 5) is 15.7. The highest BCUT2D eigenvalue weighted by Gasteiger charge is 2.21. The number of carbonyl (C=O) groups is 1. The molecule has 0 aliphatic rings. The molecule has 1 rings (SSSR count). The zero-order valence-electron chi connectivity index (χ0n) is 9.37. The second-order valence-electron chi connectivity index (χ2n) is 4.46. The normalized spacial score (nSPS) is 11.2. The first-order valence-electron chi connectivity index (χ1n) is 4.90. The molecular formula is C11H17N3O. The summed E-state index contributed by atoms with van der Waals surface area (Å²) in [5.41, 5.74) is 5.98. The number of hydrogen-bond donors (Lipinski definition) is 2. The predicted octanol–water partition coefficient (Wildman–Crippen LogP) is 1.52. The van der Waals surface area contributed by atoms with Crippen LogP contribution in [0.1, 0.15) is 26.3 Å². The molecule has 0 radical (unpaired) electrons. The second-order valence-corrected chi connectivity index (χ2v) is 4.46. The van der Waals surface area contributed by atoms with Crippen LogP contribution in [0.4, 0.5) is 5.82 Å².